The molecule has 0 aromatic rings. The monoisotopic (exact) mass is 259 g/mol. The Morgan fingerprint density at radius 3 is 2.35 bits per heavy atom. The molecular weight excluding hydrogens is 234 g/mol. The number of nitrogens with one attached hydrogen (secondary N) is 1. The zero-order valence-corrected chi connectivity index (χ0v) is 12.0. The first-order chi connectivity index (χ1) is 7.88. The summed E-state index contributed by atoms with van der Waals surface area (Å²) in [4.78, 5) is 0. The highest BCUT2D eigenvalue weighted by molar-refractivity contribution is 7.91. The van der Waals surface area contributed by atoms with E-state index in [1.54, 1.807) is 0 Å². The van der Waals surface area contributed by atoms with E-state index in [1.165, 1.54) is 25.5 Å². The Kier molecular flexibility index (Phi) is 3.83. The highest BCUT2D eigenvalue weighted by Crippen LogP contribution is 2.50. The fourth-order valence-electron chi connectivity index (χ4n) is 3.72. The summed E-state index contributed by atoms with van der Waals surface area (Å²) in [5.74, 6) is 1.90. The molecule has 100 valence electrons. The van der Waals surface area contributed by atoms with Crippen LogP contribution in [0, 0.1) is 17.8 Å². The Labute approximate surface area is 105 Å². The van der Waals surface area contributed by atoms with E-state index in [4.69, 9.17) is 0 Å². The molecule has 0 saturated heterocycles. The Morgan fingerprint density at radius 2 is 1.94 bits per heavy atom. The number of hydrogen-bond donors (Lipinski definition) is 1. The summed E-state index contributed by atoms with van der Waals surface area (Å²) in [6, 6.07) is 0.359. The molecule has 2 aliphatic carbocycles. The second kappa shape index (κ2) is 4.88. The molecule has 4 atom stereocenters. The van der Waals surface area contributed by atoms with Crippen molar-refractivity contribution in [3.63, 3.8) is 0 Å². The third-order valence-electron chi connectivity index (χ3n) is 4.55. The van der Waals surface area contributed by atoms with Gasteiger partial charge in [-0.2, -0.15) is 0 Å². The van der Waals surface area contributed by atoms with E-state index in [9.17, 15) is 8.42 Å². The molecule has 2 bridgehead atoms. The molecule has 0 aliphatic heterocycles. The van der Waals surface area contributed by atoms with Gasteiger partial charge in [0.25, 0.3) is 0 Å². The van der Waals surface area contributed by atoms with Crippen LogP contribution in [-0.4, -0.2) is 32.5 Å². The lowest BCUT2D eigenvalue weighted by atomic mass is 9.86. The number of rotatable bonds is 5. The van der Waals surface area contributed by atoms with Gasteiger partial charge in [-0.05, 0) is 37.0 Å². The van der Waals surface area contributed by atoms with Crippen LogP contribution in [0.2, 0.25) is 0 Å². The largest absolute Gasteiger partial charge is 0.313 e. The summed E-state index contributed by atoms with van der Waals surface area (Å²) in [6.45, 7) is 4.77. The molecule has 0 radical (unpaired) electrons. The fraction of sp³-hybridized carbons (Fsp3) is 1.00. The average Bonchev–Trinajstić information content (AvgIpc) is 2.76. The predicted octanol–water partition coefficient (Wildman–Crippen LogP) is 1.83. The van der Waals surface area contributed by atoms with Crippen LogP contribution in [0.3, 0.4) is 0 Å². The lowest BCUT2D eigenvalue weighted by Gasteiger charge is -2.30. The third kappa shape index (κ3) is 3.02. The van der Waals surface area contributed by atoms with Gasteiger partial charge in [0.05, 0.1) is 5.25 Å². The first kappa shape index (κ1) is 13.3. The maximum absolute atomic E-state index is 12.0. The molecular formula is C13H25NO2S. The van der Waals surface area contributed by atoms with Crippen LogP contribution in [0.25, 0.3) is 0 Å². The van der Waals surface area contributed by atoms with E-state index < -0.39 is 9.84 Å². The topological polar surface area (TPSA) is 46.2 Å². The van der Waals surface area contributed by atoms with Crippen LogP contribution in [0.5, 0.6) is 0 Å². The molecule has 4 heteroatoms. The van der Waals surface area contributed by atoms with E-state index in [1.807, 2.05) is 0 Å². The molecule has 2 saturated carbocycles. The van der Waals surface area contributed by atoms with Crippen LogP contribution in [0.1, 0.15) is 39.5 Å². The van der Waals surface area contributed by atoms with Crippen molar-refractivity contribution in [1.29, 1.82) is 0 Å². The predicted molar refractivity (Wildman–Crippen MR) is 70.7 cm³/mol. The van der Waals surface area contributed by atoms with E-state index in [0.29, 0.717) is 24.4 Å². The van der Waals surface area contributed by atoms with E-state index in [-0.39, 0.29) is 5.25 Å². The zero-order chi connectivity index (χ0) is 12.6. The summed E-state index contributed by atoms with van der Waals surface area (Å²) < 4.78 is 23.9. The molecule has 1 N–H and O–H groups in total. The first-order valence-electron chi connectivity index (χ1n) is 6.80. The Morgan fingerprint density at radius 1 is 1.24 bits per heavy atom. The maximum Gasteiger partial charge on any atom is 0.151 e. The smallest absolute Gasteiger partial charge is 0.151 e. The average molecular weight is 259 g/mol. The third-order valence-corrected chi connectivity index (χ3v) is 6.16. The van der Waals surface area contributed by atoms with Crippen LogP contribution in [0.4, 0.5) is 0 Å². The lowest BCUT2D eigenvalue weighted by molar-refractivity contribution is 0.308. The van der Waals surface area contributed by atoms with E-state index in [2.05, 4.69) is 19.2 Å². The highest BCUT2D eigenvalue weighted by Gasteiger charge is 2.45. The normalized spacial score (nSPS) is 34.5. The Bertz CT molecular complexity index is 364. The minimum Gasteiger partial charge on any atom is -0.313 e. The molecule has 0 spiro atoms. The van der Waals surface area contributed by atoms with Gasteiger partial charge in [-0.1, -0.05) is 20.3 Å². The summed E-state index contributed by atoms with van der Waals surface area (Å²) in [7, 11) is -2.93. The molecule has 0 aromatic carbocycles. The molecule has 2 aliphatic rings. The summed E-state index contributed by atoms with van der Waals surface area (Å²) in [5, 5.41) is 3.14. The lowest BCUT2D eigenvalue weighted by Crippen LogP contribution is -2.42. The van der Waals surface area contributed by atoms with Crippen molar-refractivity contribution in [3.05, 3.63) is 0 Å². The second-order valence-corrected chi connectivity index (χ2v) is 8.53. The summed E-state index contributed by atoms with van der Waals surface area (Å²) in [5.41, 5.74) is 0. The van der Waals surface area contributed by atoms with Gasteiger partial charge in [-0.3, -0.25) is 0 Å². The molecule has 2 fully saturated rings. The van der Waals surface area contributed by atoms with E-state index in [0.717, 1.165) is 12.3 Å². The van der Waals surface area contributed by atoms with Gasteiger partial charge in [0, 0.05) is 18.8 Å². The molecule has 0 heterocycles. The van der Waals surface area contributed by atoms with Gasteiger partial charge in [0.2, 0.25) is 0 Å². The van der Waals surface area contributed by atoms with Crippen molar-refractivity contribution in [1.82, 2.24) is 5.32 Å². The summed E-state index contributed by atoms with van der Waals surface area (Å²) >= 11 is 0. The van der Waals surface area contributed by atoms with Gasteiger partial charge in [0.1, 0.15) is 0 Å². The molecule has 3 nitrogen and oxygen atoms in total. The molecule has 17 heavy (non-hydrogen) atoms. The maximum atomic E-state index is 12.0. The van der Waals surface area contributed by atoms with Gasteiger partial charge >= 0.3 is 0 Å². The number of hydrogen-bond acceptors (Lipinski definition) is 3. The van der Waals surface area contributed by atoms with Crippen molar-refractivity contribution in [2.24, 2.45) is 17.8 Å². The second-order valence-electron chi connectivity index (χ2n) is 6.27. The SMILES string of the molecule is CC(C)NCC(C1CC2CCC1C2)S(C)(=O)=O. The summed E-state index contributed by atoms with van der Waals surface area (Å²) in [6.07, 6.45) is 6.41. The molecule has 4 unspecified atom stereocenters. The van der Waals surface area contributed by atoms with Crippen LogP contribution in [-0.2, 0) is 9.84 Å². The van der Waals surface area contributed by atoms with Crippen molar-refractivity contribution >= 4 is 9.84 Å². The molecule has 0 amide bonds. The fourth-order valence-corrected chi connectivity index (χ4v) is 5.09. The standard InChI is InChI=1S/C13H25NO2S/c1-9(2)14-8-13(17(3,15)16)12-7-10-4-5-11(12)6-10/h9-14H,4-8H2,1-3H3. The van der Waals surface area contributed by atoms with Gasteiger partial charge < -0.3 is 5.32 Å². The van der Waals surface area contributed by atoms with Crippen LogP contribution < -0.4 is 5.32 Å². The molecule has 0 aromatic heterocycles. The van der Waals surface area contributed by atoms with Gasteiger partial charge in [-0.25, -0.2) is 8.42 Å². The van der Waals surface area contributed by atoms with Crippen molar-refractivity contribution < 1.29 is 8.42 Å². The Hall–Kier alpha value is -0.0900. The van der Waals surface area contributed by atoms with Crippen molar-refractivity contribution in [2.45, 2.75) is 50.8 Å². The van der Waals surface area contributed by atoms with Crippen molar-refractivity contribution in [3.8, 4) is 0 Å². The van der Waals surface area contributed by atoms with Gasteiger partial charge in [0.15, 0.2) is 9.84 Å². The van der Waals surface area contributed by atoms with Gasteiger partial charge in [-0.15, -0.1) is 0 Å². The zero-order valence-electron chi connectivity index (χ0n) is 11.1. The van der Waals surface area contributed by atoms with Crippen LogP contribution in [0.15, 0.2) is 0 Å². The highest BCUT2D eigenvalue weighted by atomic mass is 32.2. The minimum atomic E-state index is -2.93. The quantitative estimate of drug-likeness (QED) is 0.819. The minimum absolute atomic E-state index is 0.166. The Balaban J connectivity index is 2.06. The number of sulfone groups is 1. The van der Waals surface area contributed by atoms with E-state index >= 15 is 0 Å². The first-order valence-corrected chi connectivity index (χ1v) is 8.75. The number of fused-ring (bicyclic) bond motifs is 2. The molecule has 2 rings (SSSR count). The van der Waals surface area contributed by atoms with Crippen LogP contribution >= 0.6 is 0 Å². The van der Waals surface area contributed by atoms with Crippen molar-refractivity contribution in [2.75, 3.05) is 12.8 Å².